The number of rotatable bonds is 4. The van der Waals surface area contributed by atoms with Crippen molar-refractivity contribution in [3.05, 3.63) is 17.0 Å². The lowest BCUT2D eigenvalue weighted by Crippen LogP contribution is -2.07. The number of H-pyrrole nitrogens is 1. The number of carboxylic acids is 1. The van der Waals surface area contributed by atoms with Crippen LogP contribution < -0.4 is 5.73 Å². The van der Waals surface area contributed by atoms with Crippen LogP contribution in [0, 0.1) is 0 Å². The molecule has 0 radical (unpaired) electrons. The summed E-state index contributed by atoms with van der Waals surface area (Å²) in [5, 5.41) is 15.1. The molecule has 1 heterocycles. The molecular formula is C8H13N3O2. The van der Waals surface area contributed by atoms with Crippen molar-refractivity contribution in [1.82, 2.24) is 10.2 Å². The van der Waals surface area contributed by atoms with Crippen LogP contribution in [0.1, 0.15) is 35.1 Å². The third-order valence-corrected chi connectivity index (χ3v) is 1.86. The maximum Gasteiger partial charge on any atom is 0.356 e. The number of aromatic carboxylic acids is 1. The van der Waals surface area contributed by atoms with Crippen LogP contribution in [0.2, 0.25) is 0 Å². The Hall–Kier alpha value is -1.36. The molecule has 0 aliphatic carbocycles. The van der Waals surface area contributed by atoms with E-state index in [9.17, 15) is 4.79 Å². The first-order chi connectivity index (χ1) is 6.20. The number of hydrogen-bond acceptors (Lipinski definition) is 3. The minimum absolute atomic E-state index is 0.0472. The Balaban J connectivity index is 3.03. The van der Waals surface area contributed by atoms with Crippen molar-refractivity contribution in [3.8, 4) is 0 Å². The van der Waals surface area contributed by atoms with Gasteiger partial charge in [-0.1, -0.05) is 13.3 Å². The summed E-state index contributed by atoms with van der Waals surface area (Å²) >= 11 is 0. The molecule has 4 N–H and O–H groups in total. The second-order valence-corrected chi connectivity index (χ2v) is 2.79. The van der Waals surface area contributed by atoms with E-state index in [1.807, 2.05) is 6.92 Å². The molecule has 5 nitrogen and oxygen atoms in total. The fraction of sp³-hybridized carbons (Fsp3) is 0.500. The Morgan fingerprint density at radius 2 is 2.38 bits per heavy atom. The van der Waals surface area contributed by atoms with E-state index in [4.69, 9.17) is 10.8 Å². The fourth-order valence-electron chi connectivity index (χ4n) is 1.25. The van der Waals surface area contributed by atoms with Gasteiger partial charge in [0.15, 0.2) is 5.69 Å². The molecule has 5 heteroatoms. The molecule has 0 amide bonds. The molecule has 0 saturated heterocycles. The summed E-state index contributed by atoms with van der Waals surface area (Å²) in [6.07, 6.45) is 1.72. The van der Waals surface area contributed by atoms with E-state index in [1.165, 1.54) is 0 Å². The summed E-state index contributed by atoms with van der Waals surface area (Å²) in [5.74, 6) is -1.03. The van der Waals surface area contributed by atoms with Gasteiger partial charge in [-0.15, -0.1) is 0 Å². The largest absolute Gasteiger partial charge is 0.476 e. The van der Waals surface area contributed by atoms with Crippen LogP contribution >= 0.6 is 0 Å². The highest BCUT2D eigenvalue weighted by molar-refractivity contribution is 5.87. The summed E-state index contributed by atoms with van der Waals surface area (Å²) in [5.41, 5.74) is 6.94. The van der Waals surface area contributed by atoms with E-state index < -0.39 is 5.97 Å². The van der Waals surface area contributed by atoms with E-state index in [0.717, 1.165) is 18.5 Å². The summed E-state index contributed by atoms with van der Waals surface area (Å²) in [6, 6.07) is 0. The summed E-state index contributed by atoms with van der Waals surface area (Å²) in [6.45, 7) is 2.23. The zero-order valence-electron chi connectivity index (χ0n) is 7.50. The molecule has 0 bridgehead atoms. The molecule has 0 unspecified atom stereocenters. The van der Waals surface area contributed by atoms with Crippen molar-refractivity contribution in [3.63, 3.8) is 0 Å². The van der Waals surface area contributed by atoms with Gasteiger partial charge in [-0.05, 0) is 6.42 Å². The zero-order valence-corrected chi connectivity index (χ0v) is 7.50. The van der Waals surface area contributed by atoms with Gasteiger partial charge >= 0.3 is 5.97 Å². The molecule has 72 valence electrons. The van der Waals surface area contributed by atoms with Crippen molar-refractivity contribution >= 4 is 5.97 Å². The maximum absolute atomic E-state index is 10.7. The maximum atomic E-state index is 10.7. The quantitative estimate of drug-likeness (QED) is 0.634. The second kappa shape index (κ2) is 4.04. The molecule has 0 spiro atoms. The number of nitrogens with two attached hydrogens (primary N) is 1. The van der Waals surface area contributed by atoms with Gasteiger partial charge in [0.25, 0.3) is 0 Å². The van der Waals surface area contributed by atoms with Crippen LogP contribution in [-0.4, -0.2) is 21.3 Å². The lowest BCUT2D eigenvalue weighted by molar-refractivity contribution is 0.0689. The number of aryl methyl sites for hydroxylation is 1. The number of aromatic amines is 1. The van der Waals surface area contributed by atoms with Crippen molar-refractivity contribution in [2.24, 2.45) is 5.73 Å². The van der Waals surface area contributed by atoms with Crippen molar-refractivity contribution in [1.29, 1.82) is 0 Å². The van der Waals surface area contributed by atoms with Crippen molar-refractivity contribution in [2.75, 3.05) is 0 Å². The van der Waals surface area contributed by atoms with Gasteiger partial charge in [0.05, 0.1) is 0 Å². The number of carboxylic acid groups (broad SMARTS) is 1. The first kappa shape index (κ1) is 9.73. The topological polar surface area (TPSA) is 92.0 Å². The zero-order chi connectivity index (χ0) is 9.84. The van der Waals surface area contributed by atoms with Gasteiger partial charge in [-0.25, -0.2) is 4.79 Å². The van der Waals surface area contributed by atoms with E-state index in [1.54, 1.807) is 0 Å². The molecule has 0 aromatic carbocycles. The van der Waals surface area contributed by atoms with Crippen LogP contribution in [0.5, 0.6) is 0 Å². The lowest BCUT2D eigenvalue weighted by atomic mass is 10.1. The molecule has 1 aromatic heterocycles. The number of hydrogen-bond donors (Lipinski definition) is 3. The average molecular weight is 183 g/mol. The van der Waals surface area contributed by atoms with Gasteiger partial charge in [-0.2, -0.15) is 5.10 Å². The number of aromatic nitrogens is 2. The Morgan fingerprint density at radius 1 is 1.69 bits per heavy atom. The van der Waals surface area contributed by atoms with Gasteiger partial charge < -0.3 is 10.8 Å². The van der Waals surface area contributed by atoms with Crippen LogP contribution in [0.4, 0.5) is 0 Å². The molecule has 1 rings (SSSR count). The Labute approximate surface area is 75.9 Å². The van der Waals surface area contributed by atoms with E-state index in [-0.39, 0.29) is 12.2 Å². The molecule has 0 aliphatic rings. The smallest absolute Gasteiger partial charge is 0.356 e. The van der Waals surface area contributed by atoms with Gasteiger partial charge in [0, 0.05) is 17.8 Å². The number of nitrogens with zero attached hydrogens (tertiary/aromatic N) is 1. The second-order valence-electron chi connectivity index (χ2n) is 2.79. The Kier molecular flexibility index (Phi) is 3.02. The predicted octanol–water partition coefficient (Wildman–Crippen LogP) is 0.519. The standard InChI is InChI=1S/C8H13N3O2/c1-2-3-6-5(4-9)7(8(12)13)11-10-6/h2-4,9H2,1H3,(H,10,11)(H,12,13). The van der Waals surface area contributed by atoms with Crippen molar-refractivity contribution in [2.45, 2.75) is 26.3 Å². The van der Waals surface area contributed by atoms with E-state index in [0.29, 0.717) is 5.56 Å². The molecule has 0 saturated carbocycles. The van der Waals surface area contributed by atoms with Crippen LogP contribution in [0.25, 0.3) is 0 Å². The van der Waals surface area contributed by atoms with Crippen LogP contribution in [-0.2, 0) is 13.0 Å². The minimum Gasteiger partial charge on any atom is -0.476 e. The van der Waals surface area contributed by atoms with Gasteiger partial charge in [0.2, 0.25) is 0 Å². The highest BCUT2D eigenvalue weighted by atomic mass is 16.4. The average Bonchev–Trinajstić information content (AvgIpc) is 2.48. The number of nitrogens with one attached hydrogen (secondary N) is 1. The Morgan fingerprint density at radius 3 is 2.85 bits per heavy atom. The SMILES string of the molecule is CCCc1[nH]nc(C(=O)O)c1CN. The normalized spacial score (nSPS) is 10.3. The third-order valence-electron chi connectivity index (χ3n) is 1.86. The Bertz CT molecular complexity index is 306. The summed E-state index contributed by atoms with van der Waals surface area (Å²) in [4.78, 5) is 10.7. The monoisotopic (exact) mass is 183 g/mol. The fourth-order valence-corrected chi connectivity index (χ4v) is 1.25. The molecule has 1 aromatic rings. The van der Waals surface area contributed by atoms with E-state index in [2.05, 4.69) is 10.2 Å². The van der Waals surface area contributed by atoms with E-state index >= 15 is 0 Å². The minimum atomic E-state index is -1.03. The highest BCUT2D eigenvalue weighted by Crippen LogP contribution is 2.12. The molecular weight excluding hydrogens is 170 g/mol. The van der Waals surface area contributed by atoms with Crippen molar-refractivity contribution < 1.29 is 9.90 Å². The van der Waals surface area contributed by atoms with Crippen LogP contribution in [0.15, 0.2) is 0 Å². The lowest BCUT2D eigenvalue weighted by Gasteiger charge is -1.98. The molecule has 0 aliphatic heterocycles. The highest BCUT2D eigenvalue weighted by Gasteiger charge is 2.16. The summed E-state index contributed by atoms with van der Waals surface area (Å²) < 4.78 is 0. The van der Waals surface area contributed by atoms with Gasteiger partial charge in [0.1, 0.15) is 0 Å². The molecule has 0 fully saturated rings. The number of carbonyl (C=O) groups is 1. The molecule has 13 heavy (non-hydrogen) atoms. The predicted molar refractivity (Wildman–Crippen MR) is 47.4 cm³/mol. The van der Waals surface area contributed by atoms with Crippen LogP contribution in [0.3, 0.4) is 0 Å². The van der Waals surface area contributed by atoms with Gasteiger partial charge in [-0.3, -0.25) is 5.10 Å². The summed E-state index contributed by atoms with van der Waals surface area (Å²) in [7, 11) is 0. The third kappa shape index (κ3) is 1.86. The first-order valence-electron chi connectivity index (χ1n) is 4.20. The first-order valence-corrected chi connectivity index (χ1v) is 4.20. The molecule has 0 atom stereocenters.